The van der Waals surface area contributed by atoms with Gasteiger partial charge in [-0.05, 0) is 42.8 Å². The van der Waals surface area contributed by atoms with Gasteiger partial charge in [-0.15, -0.1) is 0 Å². The van der Waals surface area contributed by atoms with Gasteiger partial charge in [0.1, 0.15) is 5.75 Å². The van der Waals surface area contributed by atoms with Gasteiger partial charge in [-0.2, -0.15) is 0 Å². The molecule has 0 unspecified atom stereocenters. The molecule has 0 aliphatic heterocycles. The van der Waals surface area contributed by atoms with Crippen molar-refractivity contribution in [1.29, 1.82) is 0 Å². The fourth-order valence-electron chi connectivity index (χ4n) is 2.12. The van der Waals surface area contributed by atoms with Crippen LogP contribution in [0.5, 0.6) is 0 Å². The van der Waals surface area contributed by atoms with Gasteiger partial charge in [-0.1, -0.05) is 25.1 Å². The fourth-order valence-corrected chi connectivity index (χ4v) is 4.41. The third kappa shape index (κ3) is 5.38. The molecule has 0 aromatic heterocycles. The fraction of sp³-hybridized carbons (Fsp3) is 0.235. The van der Waals surface area contributed by atoms with Gasteiger partial charge in [0.25, 0.3) is 0 Å². The molecule has 140 valence electrons. The molecule has 7 nitrogen and oxygen atoms in total. The second kappa shape index (κ2) is 8.43. The van der Waals surface area contributed by atoms with Gasteiger partial charge in [0.15, 0.2) is 9.84 Å². The van der Waals surface area contributed by atoms with Crippen LogP contribution in [-0.2, 0) is 24.7 Å². The van der Waals surface area contributed by atoms with E-state index in [4.69, 9.17) is 0 Å². The maximum absolute atomic E-state index is 12.2. The second-order valence-electron chi connectivity index (χ2n) is 5.54. The molecule has 9 heteroatoms. The summed E-state index contributed by atoms with van der Waals surface area (Å²) in [7, 11) is -7.33. The Morgan fingerprint density at radius 3 is 2.08 bits per heavy atom. The summed E-state index contributed by atoms with van der Waals surface area (Å²) in [6.45, 7) is 2.18. The Balaban J connectivity index is 2.04. The van der Waals surface area contributed by atoms with Crippen molar-refractivity contribution in [2.24, 2.45) is 0 Å². The standard InChI is InChI=1S/C17H20N2O5S2/c1-2-12-18-26(23,24)16-10-8-14(9-11-16)19-17(20)13-25(21,22)15-6-4-3-5-7-15/h3-11,18H,2,12-13H2,1H3,(H,19,20). The molecule has 0 aliphatic rings. The molecule has 0 fully saturated rings. The van der Waals surface area contributed by atoms with E-state index in [9.17, 15) is 21.6 Å². The molecule has 0 aliphatic carbocycles. The SMILES string of the molecule is CCCNS(=O)(=O)c1ccc(NC(=O)CS(=O)(=O)c2ccccc2)cc1. The lowest BCUT2D eigenvalue weighted by Gasteiger charge is -2.08. The number of hydrogen-bond acceptors (Lipinski definition) is 5. The van der Waals surface area contributed by atoms with E-state index in [0.29, 0.717) is 18.7 Å². The molecular formula is C17H20N2O5S2. The lowest BCUT2D eigenvalue weighted by Crippen LogP contribution is -2.24. The molecular weight excluding hydrogens is 376 g/mol. The van der Waals surface area contributed by atoms with Crippen LogP contribution in [-0.4, -0.2) is 35.0 Å². The van der Waals surface area contributed by atoms with Crippen molar-refractivity contribution in [2.45, 2.75) is 23.1 Å². The summed E-state index contributed by atoms with van der Waals surface area (Å²) in [5.41, 5.74) is 0.313. The van der Waals surface area contributed by atoms with Gasteiger partial charge in [-0.25, -0.2) is 21.6 Å². The van der Waals surface area contributed by atoms with Gasteiger partial charge < -0.3 is 5.32 Å². The average molecular weight is 396 g/mol. The third-order valence-electron chi connectivity index (χ3n) is 3.41. The first-order chi connectivity index (χ1) is 12.2. The average Bonchev–Trinajstić information content (AvgIpc) is 2.61. The summed E-state index contributed by atoms with van der Waals surface area (Å²) in [5.74, 6) is -1.40. The Bertz CT molecular complexity index is 954. The zero-order valence-corrected chi connectivity index (χ0v) is 15.8. The van der Waals surface area contributed by atoms with E-state index in [1.165, 1.54) is 36.4 Å². The highest BCUT2D eigenvalue weighted by atomic mass is 32.2. The van der Waals surface area contributed by atoms with Crippen LogP contribution in [0.2, 0.25) is 0 Å². The van der Waals surface area contributed by atoms with E-state index in [2.05, 4.69) is 10.0 Å². The Morgan fingerprint density at radius 2 is 1.50 bits per heavy atom. The molecule has 0 radical (unpaired) electrons. The van der Waals surface area contributed by atoms with E-state index in [0.717, 1.165) is 0 Å². The molecule has 0 bridgehead atoms. The van der Waals surface area contributed by atoms with Crippen LogP contribution in [0, 0.1) is 0 Å². The van der Waals surface area contributed by atoms with Crippen molar-refractivity contribution >= 4 is 31.5 Å². The molecule has 0 spiro atoms. The number of carbonyl (C=O) groups excluding carboxylic acids is 1. The van der Waals surface area contributed by atoms with Crippen LogP contribution >= 0.6 is 0 Å². The van der Waals surface area contributed by atoms with Gasteiger partial charge in [0.05, 0.1) is 9.79 Å². The first kappa shape index (κ1) is 20.1. The number of rotatable bonds is 8. The highest BCUT2D eigenvalue weighted by molar-refractivity contribution is 7.92. The summed E-state index contributed by atoms with van der Waals surface area (Å²) in [4.78, 5) is 12.1. The first-order valence-corrected chi connectivity index (χ1v) is 11.1. The van der Waals surface area contributed by atoms with Gasteiger partial charge in [0, 0.05) is 12.2 Å². The third-order valence-corrected chi connectivity index (χ3v) is 6.52. The lowest BCUT2D eigenvalue weighted by atomic mass is 10.3. The zero-order chi connectivity index (χ0) is 19.2. The van der Waals surface area contributed by atoms with Gasteiger partial charge in [0.2, 0.25) is 15.9 Å². The smallest absolute Gasteiger partial charge is 0.240 e. The number of carbonyl (C=O) groups is 1. The van der Waals surface area contributed by atoms with Crippen molar-refractivity contribution in [2.75, 3.05) is 17.6 Å². The maximum Gasteiger partial charge on any atom is 0.240 e. The Labute approximate surface area is 153 Å². The Kier molecular flexibility index (Phi) is 6.52. The number of sulfone groups is 1. The van der Waals surface area contributed by atoms with Gasteiger partial charge >= 0.3 is 0 Å². The summed E-state index contributed by atoms with van der Waals surface area (Å²) >= 11 is 0. The van der Waals surface area contributed by atoms with Crippen molar-refractivity contribution in [3.63, 3.8) is 0 Å². The summed E-state index contributed by atoms with van der Waals surface area (Å²) < 4.78 is 50.8. The highest BCUT2D eigenvalue weighted by Gasteiger charge is 2.19. The monoisotopic (exact) mass is 396 g/mol. The molecule has 2 rings (SSSR count). The van der Waals surface area contributed by atoms with Crippen LogP contribution in [0.1, 0.15) is 13.3 Å². The van der Waals surface area contributed by atoms with E-state index in [-0.39, 0.29) is 9.79 Å². The van der Waals surface area contributed by atoms with Gasteiger partial charge in [-0.3, -0.25) is 4.79 Å². The highest BCUT2D eigenvalue weighted by Crippen LogP contribution is 2.15. The molecule has 1 amide bonds. The summed E-state index contributed by atoms with van der Waals surface area (Å²) in [5, 5.41) is 2.46. The lowest BCUT2D eigenvalue weighted by molar-refractivity contribution is -0.113. The summed E-state index contributed by atoms with van der Waals surface area (Å²) in [6.07, 6.45) is 0.670. The number of sulfonamides is 1. The van der Waals surface area contributed by atoms with Crippen LogP contribution in [0.15, 0.2) is 64.4 Å². The molecule has 0 atom stereocenters. The normalized spacial score (nSPS) is 11.9. The molecule has 0 saturated heterocycles. The second-order valence-corrected chi connectivity index (χ2v) is 9.30. The molecule has 26 heavy (non-hydrogen) atoms. The Hall–Kier alpha value is -2.23. The number of benzene rings is 2. The van der Waals surface area contributed by atoms with Crippen LogP contribution < -0.4 is 10.0 Å². The topological polar surface area (TPSA) is 109 Å². The minimum Gasteiger partial charge on any atom is -0.325 e. The number of hydrogen-bond donors (Lipinski definition) is 2. The maximum atomic E-state index is 12.2. The minimum atomic E-state index is -3.74. The predicted molar refractivity (Wildman–Crippen MR) is 99.0 cm³/mol. The van der Waals surface area contributed by atoms with Crippen molar-refractivity contribution in [3.8, 4) is 0 Å². The number of amides is 1. The number of nitrogens with one attached hydrogen (secondary N) is 2. The van der Waals surface area contributed by atoms with Crippen molar-refractivity contribution in [3.05, 3.63) is 54.6 Å². The summed E-state index contributed by atoms with van der Waals surface area (Å²) in [6, 6.07) is 13.2. The molecule has 2 aromatic carbocycles. The number of anilines is 1. The van der Waals surface area contributed by atoms with Crippen molar-refractivity contribution < 1.29 is 21.6 Å². The predicted octanol–water partition coefficient (Wildman–Crippen LogP) is 1.79. The van der Waals surface area contributed by atoms with E-state index < -0.39 is 31.5 Å². The van der Waals surface area contributed by atoms with Crippen LogP contribution in [0.3, 0.4) is 0 Å². The van der Waals surface area contributed by atoms with Crippen LogP contribution in [0.25, 0.3) is 0 Å². The van der Waals surface area contributed by atoms with E-state index >= 15 is 0 Å². The molecule has 2 N–H and O–H groups in total. The molecule has 0 saturated carbocycles. The molecule has 0 heterocycles. The molecule has 2 aromatic rings. The van der Waals surface area contributed by atoms with E-state index in [1.807, 2.05) is 6.92 Å². The van der Waals surface area contributed by atoms with Crippen LogP contribution in [0.4, 0.5) is 5.69 Å². The zero-order valence-electron chi connectivity index (χ0n) is 14.2. The first-order valence-electron chi connectivity index (χ1n) is 7.92. The Morgan fingerprint density at radius 1 is 0.885 bits per heavy atom. The minimum absolute atomic E-state index is 0.0681. The van der Waals surface area contributed by atoms with Crippen molar-refractivity contribution in [1.82, 2.24) is 4.72 Å². The largest absolute Gasteiger partial charge is 0.325 e. The van der Waals surface area contributed by atoms with E-state index in [1.54, 1.807) is 18.2 Å². The quantitative estimate of drug-likeness (QED) is 0.707.